The summed E-state index contributed by atoms with van der Waals surface area (Å²) in [5.41, 5.74) is 6.94. The summed E-state index contributed by atoms with van der Waals surface area (Å²) in [4.78, 5) is 6.91. The van der Waals surface area contributed by atoms with Crippen molar-refractivity contribution in [3.05, 3.63) is 23.9 Å². The van der Waals surface area contributed by atoms with E-state index < -0.39 is 0 Å². The van der Waals surface area contributed by atoms with Crippen molar-refractivity contribution in [1.29, 1.82) is 0 Å². The fraction of sp³-hybridized carbons (Fsp3) is 0.667. The Labute approximate surface area is 111 Å². The summed E-state index contributed by atoms with van der Waals surface area (Å²) in [5.74, 6) is 2.33. The van der Waals surface area contributed by atoms with Crippen LogP contribution in [-0.4, -0.2) is 18.1 Å². The number of hydrogen-bond donors (Lipinski definition) is 1. The maximum Gasteiger partial charge on any atom is 0.128 e. The van der Waals surface area contributed by atoms with Gasteiger partial charge in [0.2, 0.25) is 0 Å². The summed E-state index contributed by atoms with van der Waals surface area (Å²) in [5, 5.41) is 0. The first-order valence-electron chi connectivity index (χ1n) is 6.86. The van der Waals surface area contributed by atoms with Crippen molar-refractivity contribution in [2.45, 2.75) is 40.7 Å². The van der Waals surface area contributed by atoms with Crippen molar-refractivity contribution in [1.82, 2.24) is 4.98 Å². The zero-order valence-corrected chi connectivity index (χ0v) is 12.4. The van der Waals surface area contributed by atoms with Crippen LogP contribution < -0.4 is 10.6 Å². The molecule has 0 spiro atoms. The molecular formula is C15H27N3. The maximum absolute atomic E-state index is 5.85. The Morgan fingerprint density at radius 2 is 1.61 bits per heavy atom. The van der Waals surface area contributed by atoms with E-state index in [4.69, 9.17) is 5.73 Å². The molecule has 0 radical (unpaired) electrons. The molecule has 0 saturated carbocycles. The van der Waals surface area contributed by atoms with Crippen LogP contribution in [0, 0.1) is 11.8 Å². The minimum Gasteiger partial charge on any atom is -0.356 e. The van der Waals surface area contributed by atoms with Gasteiger partial charge in [-0.2, -0.15) is 0 Å². The lowest BCUT2D eigenvalue weighted by Crippen LogP contribution is -2.32. The summed E-state index contributed by atoms with van der Waals surface area (Å²) in [6, 6.07) is 4.22. The Kier molecular flexibility index (Phi) is 5.60. The zero-order valence-electron chi connectivity index (χ0n) is 12.4. The molecule has 0 aromatic carbocycles. The van der Waals surface area contributed by atoms with Gasteiger partial charge in [-0.15, -0.1) is 0 Å². The number of rotatable bonds is 6. The predicted octanol–water partition coefficient (Wildman–Crippen LogP) is 3.22. The van der Waals surface area contributed by atoms with Gasteiger partial charge >= 0.3 is 0 Å². The van der Waals surface area contributed by atoms with E-state index in [1.165, 1.54) is 0 Å². The van der Waals surface area contributed by atoms with Crippen molar-refractivity contribution < 1.29 is 0 Å². The minimum absolute atomic E-state index is 0.0511. The van der Waals surface area contributed by atoms with E-state index in [9.17, 15) is 0 Å². The molecule has 0 fully saturated rings. The molecule has 102 valence electrons. The summed E-state index contributed by atoms with van der Waals surface area (Å²) >= 11 is 0. The molecule has 18 heavy (non-hydrogen) atoms. The molecule has 0 amide bonds. The quantitative estimate of drug-likeness (QED) is 0.841. The Bertz CT molecular complexity index is 331. The van der Waals surface area contributed by atoms with Gasteiger partial charge in [-0.05, 0) is 30.4 Å². The Morgan fingerprint density at radius 3 is 1.94 bits per heavy atom. The number of nitrogens with zero attached hydrogens (tertiary/aromatic N) is 2. The standard InChI is InChI=1S/C15H27N3/c1-11(2)9-18(10-12(3)4)15-7-6-14(8-17-15)13(5)16/h6-8,11-13H,9-10,16H2,1-5H3/t13-/m1/s1. The molecule has 0 aliphatic rings. The topological polar surface area (TPSA) is 42.1 Å². The second-order valence-electron chi connectivity index (χ2n) is 5.93. The molecule has 0 unspecified atom stereocenters. The molecule has 0 bridgehead atoms. The third-order valence-corrected chi connectivity index (χ3v) is 2.79. The van der Waals surface area contributed by atoms with E-state index in [0.29, 0.717) is 11.8 Å². The van der Waals surface area contributed by atoms with E-state index in [1.807, 2.05) is 13.1 Å². The van der Waals surface area contributed by atoms with Crippen molar-refractivity contribution >= 4 is 5.82 Å². The first-order chi connectivity index (χ1) is 8.40. The Balaban J connectivity index is 2.83. The van der Waals surface area contributed by atoms with Crippen LogP contribution in [0.3, 0.4) is 0 Å². The van der Waals surface area contributed by atoms with Crippen LogP contribution in [0.4, 0.5) is 5.82 Å². The number of aromatic nitrogens is 1. The number of anilines is 1. The van der Waals surface area contributed by atoms with Crippen LogP contribution in [0.15, 0.2) is 18.3 Å². The van der Waals surface area contributed by atoms with Gasteiger partial charge in [-0.3, -0.25) is 0 Å². The minimum atomic E-state index is 0.0511. The van der Waals surface area contributed by atoms with E-state index in [1.54, 1.807) is 0 Å². The van der Waals surface area contributed by atoms with Crippen LogP contribution in [0.2, 0.25) is 0 Å². The molecule has 2 N–H and O–H groups in total. The highest BCUT2D eigenvalue weighted by Gasteiger charge is 2.12. The summed E-state index contributed by atoms with van der Waals surface area (Å²) in [6.07, 6.45) is 1.90. The highest BCUT2D eigenvalue weighted by molar-refractivity contribution is 5.39. The normalized spacial score (nSPS) is 13.1. The first kappa shape index (κ1) is 15.0. The molecule has 1 aromatic rings. The third-order valence-electron chi connectivity index (χ3n) is 2.79. The SMILES string of the molecule is CC(C)CN(CC(C)C)c1ccc([C@@H](C)N)cn1. The second kappa shape index (κ2) is 6.74. The molecule has 1 atom stereocenters. The van der Waals surface area contributed by atoms with Gasteiger partial charge in [0.25, 0.3) is 0 Å². The average molecular weight is 249 g/mol. The molecule has 3 nitrogen and oxygen atoms in total. The maximum atomic E-state index is 5.85. The van der Waals surface area contributed by atoms with Crippen molar-refractivity contribution in [2.75, 3.05) is 18.0 Å². The largest absolute Gasteiger partial charge is 0.356 e. The van der Waals surface area contributed by atoms with E-state index in [0.717, 1.165) is 24.5 Å². The van der Waals surface area contributed by atoms with Crippen LogP contribution in [0.25, 0.3) is 0 Å². The summed E-state index contributed by atoms with van der Waals surface area (Å²) in [7, 11) is 0. The molecule has 0 saturated heterocycles. The monoisotopic (exact) mass is 249 g/mol. The zero-order chi connectivity index (χ0) is 13.7. The molecule has 1 aromatic heterocycles. The van der Waals surface area contributed by atoms with Gasteiger partial charge < -0.3 is 10.6 Å². The molecule has 1 heterocycles. The lowest BCUT2D eigenvalue weighted by molar-refractivity contribution is 0.548. The van der Waals surface area contributed by atoms with Gasteiger partial charge in [0.1, 0.15) is 5.82 Å². The van der Waals surface area contributed by atoms with E-state index in [2.05, 4.69) is 49.7 Å². The van der Waals surface area contributed by atoms with Crippen molar-refractivity contribution in [3.63, 3.8) is 0 Å². The van der Waals surface area contributed by atoms with Crippen LogP contribution in [0.1, 0.15) is 46.2 Å². The van der Waals surface area contributed by atoms with E-state index >= 15 is 0 Å². The molecule has 0 aliphatic heterocycles. The lowest BCUT2D eigenvalue weighted by Gasteiger charge is -2.27. The summed E-state index contributed by atoms with van der Waals surface area (Å²) < 4.78 is 0. The van der Waals surface area contributed by atoms with E-state index in [-0.39, 0.29) is 6.04 Å². The highest BCUT2D eigenvalue weighted by atomic mass is 15.2. The lowest BCUT2D eigenvalue weighted by atomic mass is 10.1. The van der Waals surface area contributed by atoms with Gasteiger partial charge in [-0.1, -0.05) is 33.8 Å². The predicted molar refractivity (Wildman–Crippen MR) is 78.7 cm³/mol. The second-order valence-corrected chi connectivity index (χ2v) is 5.93. The molecular weight excluding hydrogens is 222 g/mol. The molecule has 3 heteroatoms. The van der Waals surface area contributed by atoms with Crippen molar-refractivity contribution in [3.8, 4) is 0 Å². The molecule has 1 rings (SSSR count). The third kappa shape index (κ3) is 4.65. The smallest absolute Gasteiger partial charge is 0.128 e. The number of nitrogens with two attached hydrogens (primary N) is 1. The van der Waals surface area contributed by atoms with Crippen LogP contribution in [0.5, 0.6) is 0 Å². The number of pyridine rings is 1. The van der Waals surface area contributed by atoms with Crippen molar-refractivity contribution in [2.24, 2.45) is 17.6 Å². The Hall–Kier alpha value is -1.09. The fourth-order valence-electron chi connectivity index (χ4n) is 2.00. The van der Waals surface area contributed by atoms with Crippen LogP contribution in [-0.2, 0) is 0 Å². The molecule has 0 aliphatic carbocycles. The Morgan fingerprint density at radius 1 is 1.06 bits per heavy atom. The highest BCUT2D eigenvalue weighted by Crippen LogP contribution is 2.17. The van der Waals surface area contributed by atoms with Gasteiger partial charge in [0, 0.05) is 25.3 Å². The van der Waals surface area contributed by atoms with Gasteiger partial charge in [0.05, 0.1) is 0 Å². The van der Waals surface area contributed by atoms with Crippen LogP contribution >= 0.6 is 0 Å². The first-order valence-corrected chi connectivity index (χ1v) is 6.86. The van der Waals surface area contributed by atoms with Gasteiger partial charge in [-0.25, -0.2) is 4.98 Å². The summed E-state index contributed by atoms with van der Waals surface area (Å²) in [6.45, 7) is 13.0. The average Bonchev–Trinajstić information content (AvgIpc) is 2.27. The fourth-order valence-corrected chi connectivity index (χ4v) is 2.00. The number of hydrogen-bond acceptors (Lipinski definition) is 3. The van der Waals surface area contributed by atoms with Gasteiger partial charge in [0.15, 0.2) is 0 Å².